The summed E-state index contributed by atoms with van der Waals surface area (Å²) in [6.07, 6.45) is -0.122. The van der Waals surface area contributed by atoms with E-state index in [4.69, 9.17) is 9.72 Å². The predicted octanol–water partition coefficient (Wildman–Crippen LogP) is 3.57. The molecular weight excluding hydrogens is 360 g/mol. The highest BCUT2D eigenvalue weighted by molar-refractivity contribution is 7.13. The molecule has 0 aromatic carbocycles. The van der Waals surface area contributed by atoms with Gasteiger partial charge in [-0.1, -0.05) is 6.07 Å². The number of anilines is 3. The summed E-state index contributed by atoms with van der Waals surface area (Å²) >= 11 is 1.57. The van der Waals surface area contributed by atoms with Crippen molar-refractivity contribution in [2.75, 3.05) is 29.9 Å². The van der Waals surface area contributed by atoms with Gasteiger partial charge in [0.25, 0.3) is 0 Å². The number of ether oxygens (including phenoxy) is 1. The van der Waals surface area contributed by atoms with E-state index >= 15 is 0 Å². The van der Waals surface area contributed by atoms with Gasteiger partial charge in [-0.25, -0.2) is 19.9 Å². The van der Waals surface area contributed by atoms with Gasteiger partial charge in [0.15, 0.2) is 5.13 Å². The van der Waals surface area contributed by atoms with Crippen LogP contribution >= 0.6 is 11.3 Å². The van der Waals surface area contributed by atoms with Gasteiger partial charge in [-0.15, -0.1) is 11.3 Å². The fourth-order valence-corrected chi connectivity index (χ4v) is 3.78. The number of thiazole rings is 1. The molecule has 0 spiro atoms. The number of hydrogen-bond acceptors (Lipinski definition) is 8. The van der Waals surface area contributed by atoms with Crippen molar-refractivity contribution >= 4 is 28.2 Å². The third-order valence-electron chi connectivity index (χ3n) is 4.27. The SMILES string of the molecule is Cc1cc(C)nc(N2CCO[C@H](c3cccc(Nc4nc(C)cs4)n3)C2)n1. The fourth-order valence-electron chi connectivity index (χ4n) is 3.08. The zero-order valence-corrected chi connectivity index (χ0v) is 16.5. The lowest BCUT2D eigenvalue weighted by Crippen LogP contribution is -2.39. The second-order valence-electron chi connectivity index (χ2n) is 6.62. The van der Waals surface area contributed by atoms with E-state index in [1.807, 2.05) is 50.4 Å². The topological polar surface area (TPSA) is 76.1 Å². The van der Waals surface area contributed by atoms with Crippen LogP contribution in [-0.2, 0) is 4.74 Å². The molecule has 1 fully saturated rings. The number of nitrogens with one attached hydrogen (secondary N) is 1. The van der Waals surface area contributed by atoms with E-state index in [1.54, 1.807) is 11.3 Å². The second kappa shape index (κ2) is 7.58. The van der Waals surface area contributed by atoms with Gasteiger partial charge in [0, 0.05) is 23.3 Å². The molecule has 0 aliphatic carbocycles. The molecule has 27 heavy (non-hydrogen) atoms. The molecule has 4 rings (SSSR count). The first kappa shape index (κ1) is 17.8. The third-order valence-corrected chi connectivity index (χ3v) is 5.15. The zero-order valence-electron chi connectivity index (χ0n) is 15.6. The number of hydrogen-bond donors (Lipinski definition) is 1. The van der Waals surface area contributed by atoms with E-state index in [0.717, 1.165) is 46.2 Å². The predicted molar refractivity (Wildman–Crippen MR) is 107 cm³/mol. The maximum absolute atomic E-state index is 5.99. The van der Waals surface area contributed by atoms with Crippen LogP contribution in [0.25, 0.3) is 0 Å². The van der Waals surface area contributed by atoms with Crippen LogP contribution in [0.1, 0.15) is 28.9 Å². The highest BCUT2D eigenvalue weighted by Crippen LogP contribution is 2.26. The van der Waals surface area contributed by atoms with Crippen LogP contribution in [0, 0.1) is 20.8 Å². The molecule has 3 aromatic rings. The maximum Gasteiger partial charge on any atom is 0.225 e. The maximum atomic E-state index is 5.99. The molecule has 1 aliphatic heterocycles. The number of aromatic nitrogens is 4. The molecule has 0 amide bonds. The summed E-state index contributed by atoms with van der Waals surface area (Å²) in [6, 6.07) is 7.90. The van der Waals surface area contributed by atoms with Crippen molar-refractivity contribution in [3.63, 3.8) is 0 Å². The molecule has 0 bridgehead atoms. The van der Waals surface area contributed by atoms with Crippen molar-refractivity contribution in [3.05, 3.63) is 52.4 Å². The summed E-state index contributed by atoms with van der Waals surface area (Å²) in [6.45, 7) is 8.03. The Kier molecular flexibility index (Phi) is 5.00. The average Bonchev–Trinajstić information content (AvgIpc) is 3.06. The molecule has 0 unspecified atom stereocenters. The van der Waals surface area contributed by atoms with E-state index in [2.05, 4.69) is 25.2 Å². The number of aryl methyl sites for hydroxylation is 3. The molecule has 3 aromatic heterocycles. The Morgan fingerprint density at radius 3 is 2.63 bits per heavy atom. The zero-order chi connectivity index (χ0) is 18.8. The molecule has 8 heteroatoms. The van der Waals surface area contributed by atoms with E-state index in [1.165, 1.54) is 0 Å². The minimum Gasteiger partial charge on any atom is -0.368 e. The first-order valence-electron chi connectivity index (χ1n) is 8.92. The van der Waals surface area contributed by atoms with Crippen LogP contribution in [0.15, 0.2) is 29.6 Å². The van der Waals surface area contributed by atoms with Crippen LogP contribution in [-0.4, -0.2) is 39.6 Å². The highest BCUT2D eigenvalue weighted by atomic mass is 32.1. The van der Waals surface area contributed by atoms with Gasteiger partial charge in [-0.2, -0.15) is 0 Å². The average molecular weight is 382 g/mol. The minimum absolute atomic E-state index is 0.122. The molecule has 0 saturated carbocycles. The van der Waals surface area contributed by atoms with Gasteiger partial charge in [0.1, 0.15) is 11.9 Å². The lowest BCUT2D eigenvalue weighted by atomic mass is 10.2. The largest absolute Gasteiger partial charge is 0.368 e. The Morgan fingerprint density at radius 2 is 1.89 bits per heavy atom. The van der Waals surface area contributed by atoms with Gasteiger partial charge < -0.3 is 15.0 Å². The van der Waals surface area contributed by atoms with E-state index in [-0.39, 0.29) is 6.10 Å². The number of rotatable bonds is 4. The van der Waals surface area contributed by atoms with Crippen LogP contribution in [0.2, 0.25) is 0 Å². The van der Waals surface area contributed by atoms with E-state index in [9.17, 15) is 0 Å². The quantitative estimate of drug-likeness (QED) is 0.739. The highest BCUT2D eigenvalue weighted by Gasteiger charge is 2.25. The second-order valence-corrected chi connectivity index (χ2v) is 7.48. The first-order valence-corrected chi connectivity index (χ1v) is 9.80. The number of pyridine rings is 1. The third kappa shape index (κ3) is 4.23. The van der Waals surface area contributed by atoms with Crippen molar-refractivity contribution in [1.29, 1.82) is 0 Å². The standard InChI is InChI=1S/C19H22N6OS/c1-12-9-13(2)21-18(20-12)25-7-8-26-16(10-25)15-5-4-6-17(23-15)24-19-22-14(3)11-27-19/h4-6,9,11,16H,7-8,10H2,1-3H3,(H,22,23,24)/t16-/m0/s1. The minimum atomic E-state index is -0.122. The van der Waals surface area contributed by atoms with Gasteiger partial charge in [0.2, 0.25) is 5.95 Å². The lowest BCUT2D eigenvalue weighted by Gasteiger charge is -2.33. The number of morpholine rings is 1. The molecule has 0 radical (unpaired) electrons. The molecule has 4 heterocycles. The summed E-state index contributed by atoms with van der Waals surface area (Å²) in [4.78, 5) is 20.5. The Bertz CT molecular complexity index is 923. The summed E-state index contributed by atoms with van der Waals surface area (Å²) in [5.41, 5.74) is 3.84. The molecule has 1 saturated heterocycles. The smallest absolute Gasteiger partial charge is 0.225 e. The Balaban J connectivity index is 1.51. The van der Waals surface area contributed by atoms with Crippen LogP contribution in [0.4, 0.5) is 16.9 Å². The molecule has 1 aliphatic rings. The molecule has 140 valence electrons. The van der Waals surface area contributed by atoms with Gasteiger partial charge >= 0.3 is 0 Å². The van der Waals surface area contributed by atoms with Crippen LogP contribution < -0.4 is 10.2 Å². The molecular formula is C19H22N6OS. The summed E-state index contributed by atoms with van der Waals surface area (Å²) < 4.78 is 5.99. The summed E-state index contributed by atoms with van der Waals surface area (Å²) in [7, 11) is 0. The van der Waals surface area contributed by atoms with Crippen molar-refractivity contribution < 1.29 is 4.74 Å². The first-order chi connectivity index (χ1) is 13.1. The fraction of sp³-hybridized carbons (Fsp3) is 0.368. The summed E-state index contributed by atoms with van der Waals surface area (Å²) in [5.74, 6) is 1.53. The van der Waals surface area contributed by atoms with Crippen LogP contribution in [0.3, 0.4) is 0 Å². The lowest BCUT2D eigenvalue weighted by molar-refractivity contribution is 0.0365. The molecule has 7 nitrogen and oxygen atoms in total. The van der Waals surface area contributed by atoms with E-state index < -0.39 is 0 Å². The van der Waals surface area contributed by atoms with Crippen LogP contribution in [0.5, 0.6) is 0 Å². The van der Waals surface area contributed by atoms with Gasteiger partial charge in [0.05, 0.1) is 24.5 Å². The Labute approximate surface area is 162 Å². The van der Waals surface area contributed by atoms with Gasteiger partial charge in [-0.05, 0) is 39.0 Å². The Morgan fingerprint density at radius 1 is 1.07 bits per heavy atom. The monoisotopic (exact) mass is 382 g/mol. The molecule has 1 atom stereocenters. The van der Waals surface area contributed by atoms with E-state index in [0.29, 0.717) is 13.2 Å². The van der Waals surface area contributed by atoms with Crippen molar-refractivity contribution in [2.45, 2.75) is 26.9 Å². The van der Waals surface area contributed by atoms with Crippen molar-refractivity contribution in [3.8, 4) is 0 Å². The normalized spacial score (nSPS) is 17.1. The summed E-state index contributed by atoms with van der Waals surface area (Å²) in [5, 5.41) is 6.12. The Hall–Kier alpha value is -2.58. The van der Waals surface area contributed by atoms with Gasteiger partial charge in [-0.3, -0.25) is 0 Å². The number of nitrogens with zero attached hydrogens (tertiary/aromatic N) is 5. The van der Waals surface area contributed by atoms with Crippen molar-refractivity contribution in [1.82, 2.24) is 19.9 Å². The van der Waals surface area contributed by atoms with Crippen molar-refractivity contribution in [2.24, 2.45) is 0 Å². The molecule has 1 N–H and O–H groups in total.